The van der Waals surface area contributed by atoms with Crippen molar-refractivity contribution in [1.82, 2.24) is 9.55 Å². The maximum Gasteiger partial charge on any atom is 0.0957 e. The standard InChI is InChI=1S/C19H19N3S/c1-2-4-15(5-3-1)21-9-6-14(7-10-21)18-19-16(8-11-23-19)17-12-20-13-22(17)18/h1-5,8,11-14,18H,6-7,9-10H2. The van der Waals surface area contributed by atoms with Gasteiger partial charge < -0.3 is 9.47 Å². The average Bonchev–Trinajstić information content (AvgIpc) is 3.29. The van der Waals surface area contributed by atoms with Crippen molar-refractivity contribution in [2.45, 2.75) is 18.9 Å². The Labute approximate surface area is 140 Å². The predicted octanol–water partition coefficient (Wildman–Crippen LogP) is 4.43. The Bertz CT molecular complexity index is 772. The first-order valence-electron chi connectivity index (χ1n) is 8.31. The molecule has 2 aromatic heterocycles. The quantitative estimate of drug-likeness (QED) is 0.696. The van der Waals surface area contributed by atoms with Crippen LogP contribution in [0.3, 0.4) is 0 Å². The Balaban J connectivity index is 1.39. The number of para-hydroxylation sites is 1. The van der Waals surface area contributed by atoms with Gasteiger partial charge >= 0.3 is 0 Å². The van der Waals surface area contributed by atoms with Gasteiger partial charge in [0.15, 0.2) is 0 Å². The van der Waals surface area contributed by atoms with Gasteiger partial charge in [0.2, 0.25) is 0 Å². The summed E-state index contributed by atoms with van der Waals surface area (Å²) in [6.45, 7) is 2.30. The van der Waals surface area contributed by atoms with E-state index in [0.29, 0.717) is 12.0 Å². The molecule has 1 aromatic carbocycles. The molecule has 3 aromatic rings. The fourth-order valence-corrected chi connectivity index (χ4v) is 5.27. The summed E-state index contributed by atoms with van der Waals surface area (Å²) in [4.78, 5) is 8.45. The van der Waals surface area contributed by atoms with Gasteiger partial charge in [-0.3, -0.25) is 0 Å². The normalized spacial score (nSPS) is 20.5. The van der Waals surface area contributed by atoms with E-state index in [1.807, 2.05) is 23.9 Å². The number of hydrogen-bond acceptors (Lipinski definition) is 3. The molecular weight excluding hydrogens is 302 g/mol. The van der Waals surface area contributed by atoms with Crippen molar-refractivity contribution in [2.24, 2.45) is 5.92 Å². The van der Waals surface area contributed by atoms with Crippen LogP contribution in [-0.2, 0) is 0 Å². The van der Waals surface area contributed by atoms with Gasteiger partial charge in [0.25, 0.3) is 0 Å². The van der Waals surface area contributed by atoms with Crippen LogP contribution in [0, 0.1) is 5.92 Å². The van der Waals surface area contributed by atoms with Crippen LogP contribution in [0.25, 0.3) is 11.3 Å². The van der Waals surface area contributed by atoms with Crippen molar-refractivity contribution in [2.75, 3.05) is 18.0 Å². The molecule has 0 N–H and O–H groups in total. The SMILES string of the molecule is c1ccc(N2CCC(C3c4sccc4-c4cncn43)CC2)cc1. The molecule has 116 valence electrons. The summed E-state index contributed by atoms with van der Waals surface area (Å²) in [7, 11) is 0. The topological polar surface area (TPSA) is 21.1 Å². The summed E-state index contributed by atoms with van der Waals surface area (Å²) in [5.41, 5.74) is 4.07. The van der Waals surface area contributed by atoms with Crippen LogP contribution in [0.4, 0.5) is 5.69 Å². The van der Waals surface area contributed by atoms with E-state index < -0.39 is 0 Å². The van der Waals surface area contributed by atoms with Gasteiger partial charge in [-0.25, -0.2) is 4.98 Å². The highest BCUT2D eigenvalue weighted by molar-refractivity contribution is 7.10. The van der Waals surface area contributed by atoms with Crippen molar-refractivity contribution >= 4 is 17.0 Å². The summed E-state index contributed by atoms with van der Waals surface area (Å²) in [5.74, 6) is 0.711. The average molecular weight is 321 g/mol. The maximum atomic E-state index is 4.39. The van der Waals surface area contributed by atoms with Crippen molar-refractivity contribution in [3.63, 3.8) is 0 Å². The fraction of sp³-hybridized carbons (Fsp3) is 0.316. The molecule has 1 atom stereocenters. The van der Waals surface area contributed by atoms with Crippen molar-refractivity contribution in [1.29, 1.82) is 0 Å². The number of benzene rings is 1. The Hall–Kier alpha value is -2.07. The molecule has 4 heteroatoms. The largest absolute Gasteiger partial charge is 0.372 e. The van der Waals surface area contributed by atoms with Crippen LogP contribution < -0.4 is 4.90 Å². The molecule has 0 aliphatic carbocycles. The molecule has 23 heavy (non-hydrogen) atoms. The third-order valence-corrected chi connectivity index (χ3v) is 6.30. The second kappa shape index (κ2) is 5.24. The maximum absolute atomic E-state index is 4.39. The minimum atomic E-state index is 0.500. The molecule has 2 aliphatic rings. The van der Waals surface area contributed by atoms with E-state index in [-0.39, 0.29) is 0 Å². The number of aromatic nitrogens is 2. The van der Waals surface area contributed by atoms with E-state index in [4.69, 9.17) is 0 Å². The number of rotatable bonds is 2. The molecule has 0 bridgehead atoms. The lowest BCUT2D eigenvalue weighted by atomic mass is 9.88. The highest BCUT2D eigenvalue weighted by Crippen LogP contribution is 2.48. The highest BCUT2D eigenvalue weighted by atomic mass is 32.1. The number of imidazole rings is 1. The van der Waals surface area contributed by atoms with Crippen LogP contribution in [0.1, 0.15) is 23.8 Å². The molecule has 0 radical (unpaired) electrons. The molecule has 1 unspecified atom stereocenters. The van der Waals surface area contributed by atoms with E-state index in [1.54, 1.807) is 4.88 Å². The van der Waals surface area contributed by atoms with Gasteiger partial charge in [-0.15, -0.1) is 11.3 Å². The third-order valence-electron chi connectivity index (χ3n) is 5.31. The number of anilines is 1. The van der Waals surface area contributed by atoms with Crippen molar-refractivity contribution < 1.29 is 0 Å². The smallest absolute Gasteiger partial charge is 0.0957 e. The zero-order valence-electron chi connectivity index (χ0n) is 12.9. The van der Waals surface area contributed by atoms with Gasteiger partial charge in [0.05, 0.1) is 24.3 Å². The molecule has 3 nitrogen and oxygen atoms in total. The molecule has 4 heterocycles. The van der Waals surface area contributed by atoms with Crippen LogP contribution in [0.5, 0.6) is 0 Å². The van der Waals surface area contributed by atoms with E-state index in [9.17, 15) is 0 Å². The van der Waals surface area contributed by atoms with Crippen LogP contribution in [-0.4, -0.2) is 22.6 Å². The summed E-state index contributed by atoms with van der Waals surface area (Å²) in [6.07, 6.45) is 6.53. The molecule has 0 saturated carbocycles. The molecule has 5 rings (SSSR count). The van der Waals surface area contributed by atoms with E-state index >= 15 is 0 Å². The second-order valence-corrected chi connectivity index (χ2v) is 7.44. The van der Waals surface area contributed by atoms with Crippen LogP contribution in [0.2, 0.25) is 0 Å². The number of nitrogens with zero attached hydrogens (tertiary/aromatic N) is 3. The third kappa shape index (κ3) is 2.05. The van der Waals surface area contributed by atoms with Gasteiger partial charge in [0.1, 0.15) is 0 Å². The van der Waals surface area contributed by atoms with E-state index in [0.717, 1.165) is 13.1 Å². The first-order valence-corrected chi connectivity index (χ1v) is 9.19. The van der Waals surface area contributed by atoms with Crippen LogP contribution >= 0.6 is 11.3 Å². The first kappa shape index (κ1) is 13.4. The lowest BCUT2D eigenvalue weighted by Gasteiger charge is -2.36. The monoisotopic (exact) mass is 321 g/mol. The lowest BCUT2D eigenvalue weighted by Crippen LogP contribution is -2.36. The number of piperidine rings is 1. The van der Waals surface area contributed by atoms with Gasteiger partial charge in [-0.1, -0.05) is 18.2 Å². The second-order valence-electron chi connectivity index (χ2n) is 6.49. The minimum absolute atomic E-state index is 0.500. The molecule has 0 spiro atoms. The van der Waals surface area contributed by atoms with Crippen LogP contribution in [0.15, 0.2) is 54.3 Å². The summed E-state index contributed by atoms with van der Waals surface area (Å²) in [6, 6.07) is 13.6. The molecule has 1 fully saturated rings. The van der Waals surface area contributed by atoms with Crippen molar-refractivity contribution in [3.8, 4) is 11.3 Å². The zero-order chi connectivity index (χ0) is 15.2. The number of hydrogen-bond donors (Lipinski definition) is 0. The molecular formula is C19H19N3S. The Kier molecular flexibility index (Phi) is 3.05. The van der Waals surface area contributed by atoms with E-state index in [2.05, 4.69) is 56.2 Å². The summed E-state index contributed by atoms with van der Waals surface area (Å²) < 4.78 is 2.41. The first-order chi connectivity index (χ1) is 11.4. The highest BCUT2D eigenvalue weighted by Gasteiger charge is 2.36. The number of thiophene rings is 1. The lowest BCUT2D eigenvalue weighted by molar-refractivity contribution is 0.320. The van der Waals surface area contributed by atoms with Gasteiger partial charge in [-0.05, 0) is 42.3 Å². The predicted molar refractivity (Wildman–Crippen MR) is 95.1 cm³/mol. The molecule has 2 aliphatic heterocycles. The Morgan fingerprint density at radius 2 is 1.87 bits per heavy atom. The molecule has 1 saturated heterocycles. The Morgan fingerprint density at radius 3 is 2.70 bits per heavy atom. The fourth-order valence-electron chi connectivity index (χ4n) is 4.18. The van der Waals surface area contributed by atoms with E-state index in [1.165, 1.54) is 29.8 Å². The van der Waals surface area contributed by atoms with Gasteiger partial charge in [-0.2, -0.15) is 0 Å². The summed E-state index contributed by atoms with van der Waals surface area (Å²) in [5, 5.41) is 2.23. The minimum Gasteiger partial charge on any atom is -0.372 e. The van der Waals surface area contributed by atoms with Gasteiger partial charge in [0, 0.05) is 29.2 Å². The van der Waals surface area contributed by atoms with Crippen molar-refractivity contribution in [3.05, 3.63) is 59.2 Å². The zero-order valence-corrected chi connectivity index (χ0v) is 13.7. The molecule has 0 amide bonds. The Morgan fingerprint density at radius 1 is 1.04 bits per heavy atom. The summed E-state index contributed by atoms with van der Waals surface area (Å²) >= 11 is 1.91. The number of fused-ring (bicyclic) bond motifs is 3.